The van der Waals surface area contributed by atoms with Crippen molar-refractivity contribution < 1.29 is 23.9 Å². The van der Waals surface area contributed by atoms with Crippen molar-refractivity contribution in [3.05, 3.63) is 11.6 Å². The van der Waals surface area contributed by atoms with E-state index in [1.165, 1.54) is 0 Å². The van der Waals surface area contributed by atoms with Gasteiger partial charge in [0.1, 0.15) is 18.7 Å². The molecule has 0 aromatic heterocycles. The van der Waals surface area contributed by atoms with Crippen molar-refractivity contribution in [3.8, 4) is 0 Å². The molecule has 142 valence electrons. The molecule has 0 N–H and O–H groups in total. The fourth-order valence-corrected chi connectivity index (χ4v) is 6.57. The highest BCUT2D eigenvalue weighted by Crippen LogP contribution is 2.71. The Hall–Kier alpha value is -1.49. The Kier molecular flexibility index (Phi) is 3.63. The summed E-state index contributed by atoms with van der Waals surface area (Å²) in [6.07, 6.45) is 5.95. The Bertz CT molecular complexity index is 726. The van der Waals surface area contributed by atoms with Crippen LogP contribution in [0.15, 0.2) is 11.6 Å². The number of ether oxygens (including phenoxy) is 2. The van der Waals surface area contributed by atoms with E-state index in [-0.39, 0.29) is 40.2 Å². The van der Waals surface area contributed by atoms with Gasteiger partial charge in [0.25, 0.3) is 0 Å². The molecule has 2 heterocycles. The van der Waals surface area contributed by atoms with Crippen LogP contribution in [0.5, 0.6) is 0 Å². The second kappa shape index (κ2) is 5.28. The highest BCUT2D eigenvalue weighted by Gasteiger charge is 2.71. The number of cyclic esters (lactones) is 1. The molecule has 0 radical (unpaired) electrons. The Morgan fingerprint density at radius 2 is 1.88 bits per heavy atom. The molecule has 4 rings (SSSR count). The third kappa shape index (κ3) is 1.93. The van der Waals surface area contributed by atoms with E-state index in [2.05, 4.69) is 20.8 Å². The molecule has 6 atom stereocenters. The van der Waals surface area contributed by atoms with Gasteiger partial charge in [-0.05, 0) is 56.9 Å². The van der Waals surface area contributed by atoms with Crippen LogP contribution in [0.2, 0.25) is 0 Å². The Balaban J connectivity index is 1.76. The molecule has 1 saturated heterocycles. The minimum Gasteiger partial charge on any atom is -0.458 e. The summed E-state index contributed by atoms with van der Waals surface area (Å²) >= 11 is 0. The Morgan fingerprint density at radius 3 is 2.50 bits per heavy atom. The number of Topliss-reactive ketones (excluding diaryl/α,β-unsaturated/α-hetero) is 1. The van der Waals surface area contributed by atoms with E-state index in [0.717, 1.165) is 32.0 Å². The van der Waals surface area contributed by atoms with Gasteiger partial charge in [-0.1, -0.05) is 13.8 Å². The monoisotopic (exact) mass is 360 g/mol. The van der Waals surface area contributed by atoms with Crippen LogP contribution in [0.1, 0.15) is 59.8 Å². The van der Waals surface area contributed by atoms with Crippen LogP contribution in [0.4, 0.5) is 0 Å². The first-order valence-corrected chi connectivity index (χ1v) is 9.66. The van der Waals surface area contributed by atoms with E-state index in [1.54, 1.807) is 0 Å². The summed E-state index contributed by atoms with van der Waals surface area (Å²) in [5.41, 5.74) is -1.08. The van der Waals surface area contributed by atoms with Crippen molar-refractivity contribution in [2.24, 2.45) is 22.2 Å². The molecule has 0 aromatic rings. The number of aldehydes is 1. The quantitative estimate of drug-likeness (QED) is 0.430. The van der Waals surface area contributed by atoms with Crippen molar-refractivity contribution >= 4 is 18.0 Å². The number of hydrogen-bond acceptors (Lipinski definition) is 5. The van der Waals surface area contributed by atoms with Crippen LogP contribution in [0.3, 0.4) is 0 Å². The lowest BCUT2D eigenvalue weighted by atomic mass is 9.39. The smallest absolute Gasteiger partial charge is 0.336 e. The molecule has 3 fully saturated rings. The van der Waals surface area contributed by atoms with Gasteiger partial charge in [-0.3, -0.25) is 4.79 Å². The number of carbonyl (C=O) groups excluding carboxylic acids is 3. The molecule has 2 aliphatic carbocycles. The Labute approximate surface area is 154 Å². The van der Waals surface area contributed by atoms with Crippen molar-refractivity contribution in [2.45, 2.75) is 71.5 Å². The van der Waals surface area contributed by atoms with Gasteiger partial charge in [-0.15, -0.1) is 0 Å². The fourth-order valence-electron chi connectivity index (χ4n) is 6.57. The average molecular weight is 360 g/mol. The minimum atomic E-state index is -0.916. The van der Waals surface area contributed by atoms with Gasteiger partial charge in [0.15, 0.2) is 0 Å². The van der Waals surface area contributed by atoms with Crippen LogP contribution >= 0.6 is 0 Å². The van der Waals surface area contributed by atoms with Gasteiger partial charge >= 0.3 is 5.97 Å². The lowest BCUT2D eigenvalue weighted by molar-refractivity contribution is -0.200. The topological polar surface area (TPSA) is 69.7 Å². The maximum Gasteiger partial charge on any atom is 0.336 e. The van der Waals surface area contributed by atoms with E-state index in [9.17, 15) is 14.4 Å². The summed E-state index contributed by atoms with van der Waals surface area (Å²) in [7, 11) is 0. The predicted molar refractivity (Wildman–Crippen MR) is 94.3 cm³/mol. The van der Waals surface area contributed by atoms with E-state index in [4.69, 9.17) is 9.47 Å². The fraction of sp³-hybridized carbons (Fsp3) is 0.762. The van der Waals surface area contributed by atoms with Crippen LogP contribution in [0.25, 0.3) is 0 Å². The van der Waals surface area contributed by atoms with E-state index < -0.39 is 5.41 Å². The number of carbonyl (C=O) groups is 3. The maximum absolute atomic E-state index is 12.6. The summed E-state index contributed by atoms with van der Waals surface area (Å²) in [5, 5.41) is 0. The van der Waals surface area contributed by atoms with Crippen LogP contribution in [-0.2, 0) is 23.9 Å². The first-order chi connectivity index (χ1) is 12.1. The maximum atomic E-state index is 12.6. The lowest BCUT2D eigenvalue weighted by Gasteiger charge is -2.64. The molecule has 26 heavy (non-hydrogen) atoms. The predicted octanol–water partition coefficient (Wildman–Crippen LogP) is 3.01. The van der Waals surface area contributed by atoms with Crippen molar-refractivity contribution in [1.82, 2.24) is 0 Å². The van der Waals surface area contributed by atoms with E-state index >= 15 is 0 Å². The van der Waals surface area contributed by atoms with Crippen LogP contribution < -0.4 is 0 Å². The lowest BCUT2D eigenvalue weighted by Crippen LogP contribution is -2.64. The molecule has 0 bridgehead atoms. The second-order valence-corrected chi connectivity index (χ2v) is 9.46. The highest BCUT2D eigenvalue weighted by molar-refractivity contribution is 5.99. The summed E-state index contributed by atoms with van der Waals surface area (Å²) in [6, 6.07) is 0. The number of rotatable bonds is 2. The molecule has 0 unspecified atom stereocenters. The SMILES string of the molecule is C[C@@]12C[C@@H](C3=CCOC3=O)O[C@]1(C)CC[C@@H]1[C@](C)(C=O)C(=O)CC[C@]12C. The highest BCUT2D eigenvalue weighted by atomic mass is 16.5. The molecular formula is C21H28O5. The van der Waals surface area contributed by atoms with E-state index in [1.807, 2.05) is 13.0 Å². The molecule has 5 nitrogen and oxygen atoms in total. The van der Waals surface area contributed by atoms with Gasteiger partial charge < -0.3 is 14.3 Å². The van der Waals surface area contributed by atoms with Gasteiger partial charge in [0, 0.05) is 11.8 Å². The number of ketones is 1. The third-order valence-electron chi connectivity index (χ3n) is 8.64. The largest absolute Gasteiger partial charge is 0.458 e. The van der Waals surface area contributed by atoms with Crippen LogP contribution in [0, 0.1) is 22.2 Å². The van der Waals surface area contributed by atoms with Gasteiger partial charge in [0.2, 0.25) is 0 Å². The molecule has 0 spiro atoms. The molecule has 5 heteroatoms. The van der Waals surface area contributed by atoms with Crippen molar-refractivity contribution in [2.75, 3.05) is 6.61 Å². The van der Waals surface area contributed by atoms with Gasteiger partial charge in [-0.2, -0.15) is 0 Å². The van der Waals surface area contributed by atoms with Gasteiger partial charge in [-0.25, -0.2) is 4.79 Å². The zero-order valence-electron chi connectivity index (χ0n) is 16.1. The number of esters is 1. The van der Waals surface area contributed by atoms with Crippen LogP contribution in [-0.4, -0.2) is 36.4 Å². The number of hydrogen-bond donors (Lipinski definition) is 0. The minimum absolute atomic E-state index is 0.0127. The standard InChI is InChI=1S/C21H28O5/c1-18(12-22)15-5-9-21(4)20(3,19(15,2)8-6-16(18)23)11-14(26-21)13-7-10-25-17(13)24/h7,12,14-15H,5-6,8-11H2,1-4H3/t14-,15+,18-,19+,20-,21+/m0/s1. The van der Waals surface area contributed by atoms with Crippen molar-refractivity contribution in [1.29, 1.82) is 0 Å². The number of fused-ring (bicyclic) bond motifs is 3. The Morgan fingerprint density at radius 1 is 1.15 bits per heavy atom. The second-order valence-electron chi connectivity index (χ2n) is 9.46. The van der Waals surface area contributed by atoms with Crippen molar-refractivity contribution in [3.63, 3.8) is 0 Å². The summed E-state index contributed by atoms with van der Waals surface area (Å²) in [5.74, 6) is -0.197. The molecular weight excluding hydrogens is 332 g/mol. The summed E-state index contributed by atoms with van der Waals surface area (Å²) in [6.45, 7) is 8.75. The summed E-state index contributed by atoms with van der Waals surface area (Å²) in [4.78, 5) is 36.6. The first kappa shape index (κ1) is 17.9. The zero-order chi connectivity index (χ0) is 19.0. The first-order valence-electron chi connectivity index (χ1n) is 9.66. The summed E-state index contributed by atoms with van der Waals surface area (Å²) < 4.78 is 11.6. The molecule has 0 aromatic carbocycles. The normalized spacial score (nSPS) is 50.7. The third-order valence-corrected chi connectivity index (χ3v) is 8.64. The molecule has 2 aliphatic heterocycles. The average Bonchev–Trinajstić information content (AvgIpc) is 3.13. The molecule has 4 aliphatic rings. The zero-order valence-corrected chi connectivity index (χ0v) is 16.1. The molecule has 0 amide bonds. The van der Waals surface area contributed by atoms with Gasteiger partial charge in [0.05, 0.1) is 22.7 Å². The van der Waals surface area contributed by atoms with E-state index in [0.29, 0.717) is 18.6 Å². The molecule has 2 saturated carbocycles.